The van der Waals surface area contributed by atoms with Gasteiger partial charge in [-0.05, 0) is 17.5 Å². The van der Waals surface area contributed by atoms with E-state index in [1.165, 1.54) is 0 Å². The van der Waals surface area contributed by atoms with Gasteiger partial charge in [0.15, 0.2) is 0 Å². The van der Waals surface area contributed by atoms with Crippen molar-refractivity contribution in [2.24, 2.45) is 0 Å². The first kappa shape index (κ1) is 9.93. The first-order valence-corrected chi connectivity index (χ1v) is 8.80. The Balaban J connectivity index is 2.23. The summed E-state index contributed by atoms with van der Waals surface area (Å²) in [5.74, 6) is 0. The fraction of sp³-hybridized carbons (Fsp3) is 0.500. The molecule has 0 saturated heterocycles. The molecule has 1 nitrogen and oxygen atoms in total. The van der Waals surface area contributed by atoms with Crippen LogP contribution in [-0.2, 0) is 5.60 Å². The Morgan fingerprint density at radius 1 is 1.21 bits per heavy atom. The van der Waals surface area contributed by atoms with Gasteiger partial charge < -0.3 is 5.11 Å². The largest absolute Gasteiger partial charge is 0.385 e. The molecule has 1 saturated carbocycles. The van der Waals surface area contributed by atoms with Gasteiger partial charge in [0.25, 0.3) is 0 Å². The topological polar surface area (TPSA) is 20.2 Å². The first-order valence-electron chi connectivity index (χ1n) is 5.22. The smallest absolute Gasteiger partial charge is 0.0903 e. The van der Waals surface area contributed by atoms with Gasteiger partial charge >= 0.3 is 0 Å². The second kappa shape index (κ2) is 2.94. The Morgan fingerprint density at radius 3 is 2.21 bits per heavy atom. The molecule has 2 atom stereocenters. The van der Waals surface area contributed by atoms with Crippen molar-refractivity contribution in [2.45, 2.75) is 37.2 Å². The van der Waals surface area contributed by atoms with E-state index in [2.05, 4.69) is 19.6 Å². The quantitative estimate of drug-likeness (QED) is 0.738. The molecule has 14 heavy (non-hydrogen) atoms. The van der Waals surface area contributed by atoms with Crippen LogP contribution in [0, 0.1) is 0 Å². The van der Waals surface area contributed by atoms with Crippen LogP contribution in [-0.4, -0.2) is 13.2 Å². The molecule has 1 aromatic rings. The predicted molar refractivity (Wildman–Crippen MR) is 62.1 cm³/mol. The van der Waals surface area contributed by atoms with E-state index in [1.54, 1.807) is 0 Å². The Labute approximate surface area is 86.8 Å². The SMILES string of the molecule is C[Si](C)(C)[C@H]1C[C@]1(O)c1ccccc1. The monoisotopic (exact) mass is 206 g/mol. The second-order valence-corrected chi connectivity index (χ2v) is 10.8. The minimum absolute atomic E-state index is 0.494. The summed E-state index contributed by atoms with van der Waals surface area (Å²) in [4.78, 5) is 0. The van der Waals surface area contributed by atoms with Crippen molar-refractivity contribution in [3.63, 3.8) is 0 Å². The summed E-state index contributed by atoms with van der Waals surface area (Å²) >= 11 is 0. The van der Waals surface area contributed by atoms with Gasteiger partial charge in [-0.2, -0.15) is 0 Å². The van der Waals surface area contributed by atoms with Gasteiger partial charge in [0.1, 0.15) is 0 Å². The molecule has 76 valence electrons. The summed E-state index contributed by atoms with van der Waals surface area (Å²) in [7, 11) is -1.19. The Morgan fingerprint density at radius 2 is 1.79 bits per heavy atom. The highest BCUT2D eigenvalue weighted by molar-refractivity contribution is 6.78. The summed E-state index contributed by atoms with van der Waals surface area (Å²) in [5, 5.41) is 10.4. The van der Waals surface area contributed by atoms with Crippen LogP contribution in [0.1, 0.15) is 12.0 Å². The van der Waals surface area contributed by atoms with Gasteiger partial charge in [-0.15, -0.1) is 0 Å². The van der Waals surface area contributed by atoms with Gasteiger partial charge in [0, 0.05) is 0 Å². The van der Waals surface area contributed by atoms with Crippen LogP contribution in [0.3, 0.4) is 0 Å². The number of hydrogen-bond donors (Lipinski definition) is 1. The van der Waals surface area contributed by atoms with Gasteiger partial charge in [-0.1, -0.05) is 50.0 Å². The van der Waals surface area contributed by atoms with E-state index in [0.29, 0.717) is 5.54 Å². The molecule has 0 aliphatic heterocycles. The Bertz CT molecular complexity index is 328. The molecule has 0 heterocycles. The molecule has 0 bridgehead atoms. The third kappa shape index (κ3) is 1.53. The maximum absolute atomic E-state index is 10.4. The van der Waals surface area contributed by atoms with Gasteiger partial charge in [0.2, 0.25) is 0 Å². The Hall–Kier alpha value is -0.603. The molecular weight excluding hydrogens is 188 g/mol. The highest BCUT2D eigenvalue weighted by Crippen LogP contribution is 2.61. The maximum atomic E-state index is 10.4. The van der Waals surface area contributed by atoms with Crippen molar-refractivity contribution in [1.82, 2.24) is 0 Å². The highest BCUT2D eigenvalue weighted by Gasteiger charge is 2.59. The minimum atomic E-state index is -1.19. The lowest BCUT2D eigenvalue weighted by Crippen LogP contribution is -2.25. The molecule has 0 unspecified atom stereocenters. The van der Waals surface area contributed by atoms with E-state index < -0.39 is 13.7 Å². The lowest BCUT2D eigenvalue weighted by molar-refractivity contribution is 0.150. The van der Waals surface area contributed by atoms with Crippen LogP contribution in [0.2, 0.25) is 25.2 Å². The minimum Gasteiger partial charge on any atom is -0.385 e. The number of hydrogen-bond acceptors (Lipinski definition) is 1. The summed E-state index contributed by atoms with van der Waals surface area (Å²) in [6.45, 7) is 7.00. The van der Waals surface area contributed by atoms with Crippen LogP contribution in [0.25, 0.3) is 0 Å². The van der Waals surface area contributed by atoms with Crippen molar-refractivity contribution >= 4 is 8.07 Å². The molecule has 0 amide bonds. The van der Waals surface area contributed by atoms with Gasteiger partial charge in [0.05, 0.1) is 13.7 Å². The normalized spacial score (nSPS) is 31.6. The van der Waals surface area contributed by atoms with Crippen molar-refractivity contribution in [3.05, 3.63) is 35.9 Å². The molecule has 0 aromatic heterocycles. The number of aliphatic hydroxyl groups is 1. The summed E-state index contributed by atoms with van der Waals surface area (Å²) in [6, 6.07) is 10.1. The van der Waals surface area contributed by atoms with Crippen LogP contribution in [0.5, 0.6) is 0 Å². The fourth-order valence-corrected chi connectivity index (χ4v) is 4.84. The van der Waals surface area contributed by atoms with E-state index in [9.17, 15) is 5.11 Å². The van der Waals surface area contributed by atoms with Crippen LogP contribution >= 0.6 is 0 Å². The van der Waals surface area contributed by atoms with Crippen LogP contribution < -0.4 is 0 Å². The van der Waals surface area contributed by atoms with E-state index >= 15 is 0 Å². The van der Waals surface area contributed by atoms with Crippen molar-refractivity contribution in [1.29, 1.82) is 0 Å². The third-order valence-corrected chi connectivity index (χ3v) is 6.02. The summed E-state index contributed by atoms with van der Waals surface area (Å²) < 4.78 is 0. The summed E-state index contributed by atoms with van der Waals surface area (Å²) in [5.41, 5.74) is 1.15. The number of benzene rings is 1. The average Bonchev–Trinajstić information content (AvgIpc) is 2.81. The van der Waals surface area contributed by atoms with Crippen LogP contribution in [0.4, 0.5) is 0 Å². The second-order valence-electron chi connectivity index (χ2n) is 5.41. The molecule has 1 aromatic carbocycles. The van der Waals surface area contributed by atoms with Crippen LogP contribution in [0.15, 0.2) is 30.3 Å². The van der Waals surface area contributed by atoms with Gasteiger partial charge in [-0.25, -0.2) is 0 Å². The summed E-state index contributed by atoms with van der Waals surface area (Å²) in [6.07, 6.45) is 0.965. The van der Waals surface area contributed by atoms with Crippen molar-refractivity contribution in [2.75, 3.05) is 0 Å². The zero-order valence-electron chi connectivity index (χ0n) is 9.12. The van der Waals surface area contributed by atoms with E-state index in [0.717, 1.165) is 12.0 Å². The maximum Gasteiger partial charge on any atom is 0.0903 e. The fourth-order valence-electron chi connectivity index (χ4n) is 2.32. The molecular formula is C12H18OSi. The van der Waals surface area contributed by atoms with E-state index in [-0.39, 0.29) is 0 Å². The van der Waals surface area contributed by atoms with E-state index in [4.69, 9.17) is 0 Å². The van der Waals surface area contributed by atoms with Crippen molar-refractivity contribution in [3.8, 4) is 0 Å². The first-order chi connectivity index (χ1) is 6.44. The van der Waals surface area contributed by atoms with E-state index in [1.807, 2.05) is 30.3 Å². The average molecular weight is 206 g/mol. The molecule has 1 aliphatic carbocycles. The van der Waals surface area contributed by atoms with Gasteiger partial charge in [-0.3, -0.25) is 0 Å². The molecule has 0 spiro atoms. The van der Waals surface area contributed by atoms with Crippen molar-refractivity contribution < 1.29 is 5.11 Å². The zero-order valence-corrected chi connectivity index (χ0v) is 10.1. The third-order valence-electron chi connectivity index (χ3n) is 3.25. The molecule has 0 radical (unpaired) electrons. The lowest BCUT2D eigenvalue weighted by Gasteiger charge is -2.19. The highest BCUT2D eigenvalue weighted by atomic mass is 28.3. The Kier molecular flexibility index (Phi) is 2.09. The molecule has 1 aliphatic rings. The standard InChI is InChI=1S/C12H18OSi/c1-14(2,3)11-9-12(11,13)10-7-5-4-6-8-10/h4-8,11,13H,9H2,1-3H3/t11-,12-/m0/s1. The molecule has 1 fully saturated rings. The zero-order chi connectivity index (χ0) is 10.4. The predicted octanol–water partition coefficient (Wildman–Crippen LogP) is 2.99. The molecule has 2 rings (SSSR count). The molecule has 2 heteroatoms. The lowest BCUT2D eigenvalue weighted by atomic mass is 10.1. The molecule has 1 N–H and O–H groups in total. The number of rotatable bonds is 2.